The minimum absolute atomic E-state index is 0.0113. The van der Waals surface area contributed by atoms with Gasteiger partial charge < -0.3 is 50.9 Å². The van der Waals surface area contributed by atoms with Crippen molar-refractivity contribution >= 4 is 98.6 Å². The number of nitrogens with zero attached hydrogens (tertiary/aromatic N) is 4. The Morgan fingerprint density at radius 3 is 2.31 bits per heavy atom. The van der Waals surface area contributed by atoms with Gasteiger partial charge in [-0.3, -0.25) is 37.3 Å². The monoisotopic (exact) mass is 943 g/mol. The second kappa shape index (κ2) is 21.1. The summed E-state index contributed by atoms with van der Waals surface area (Å²) in [5.74, 6) is -0.375. The number of fused-ring (bicyclic) bond motifs is 1. The summed E-state index contributed by atoms with van der Waals surface area (Å²) in [6.45, 7) is 1.49. The molecule has 0 saturated carbocycles. The van der Waals surface area contributed by atoms with Gasteiger partial charge in [-0.05, 0) is 12.7 Å². The van der Waals surface area contributed by atoms with Gasteiger partial charge in [0.25, 0.3) is 0 Å². The minimum atomic E-state index is -5.61. The number of phosphoric acid groups is 3. The predicted molar refractivity (Wildman–Crippen MR) is 208 cm³/mol. The Balaban J connectivity index is 1.49. The molecule has 7 unspecified atom stereocenters. The molecule has 1 aliphatic rings. The molecule has 0 radical (unpaired) electrons. The van der Waals surface area contributed by atoms with E-state index in [0.717, 1.165) is 40.7 Å². The fourth-order valence-corrected chi connectivity index (χ4v) is 9.39. The molecular formula is C27H44N7O18P3S3. The zero-order chi connectivity index (χ0) is 43.7. The van der Waals surface area contributed by atoms with Crippen LogP contribution in [0.25, 0.3) is 11.2 Å². The molecule has 328 valence electrons. The van der Waals surface area contributed by atoms with Crippen LogP contribution in [0.2, 0.25) is 0 Å². The van der Waals surface area contributed by atoms with E-state index in [2.05, 4.69) is 42.5 Å². The second-order valence-corrected chi connectivity index (χ2v) is 20.0. The van der Waals surface area contributed by atoms with E-state index < -0.39 is 84.1 Å². The first-order valence-corrected chi connectivity index (χ1v) is 23.8. The number of imidazole rings is 1. The van der Waals surface area contributed by atoms with Gasteiger partial charge in [0, 0.05) is 36.4 Å². The molecular weight excluding hydrogens is 899 g/mol. The number of nitrogens with one attached hydrogen (secondary N) is 2. The van der Waals surface area contributed by atoms with Crippen molar-refractivity contribution in [3.63, 3.8) is 0 Å². The summed E-state index contributed by atoms with van der Waals surface area (Å²) in [5.41, 5.74) is 2.25. The zero-order valence-electron chi connectivity index (χ0n) is 30.9. The highest BCUT2D eigenvalue weighted by molar-refractivity contribution is 8.15. The fourth-order valence-electron chi connectivity index (χ4n) is 4.99. The van der Waals surface area contributed by atoms with Crippen molar-refractivity contribution in [1.29, 1.82) is 0 Å². The number of nitrogens with two attached hydrogens (primary N) is 1. The molecule has 1 fully saturated rings. The standard InChI is InChI=1S/C27H44N7O18P3S3/c1-26(2,22(39)25(40)30-5-4-16(35)29-6-8-57-17(36)10-18(37)58-9-7-56)12-49-55(46,47)52-54(44,45)48-11-15-20(51-53(41,42)43)21(38)27(3,50-15)34-14-33-19-23(28)31-13-32-24(19)34/h13-15,20-22,38-39,56H,4-12H2,1-3H3,(H,29,35)(H,30,40)(H,44,45)(H,46,47)(H2,28,31,32)(H2,41,42,43). The summed E-state index contributed by atoms with van der Waals surface area (Å²) in [7, 11) is -16.5. The van der Waals surface area contributed by atoms with Gasteiger partial charge in [-0.2, -0.15) is 16.9 Å². The van der Waals surface area contributed by atoms with Crippen molar-refractivity contribution in [2.75, 3.05) is 49.3 Å². The van der Waals surface area contributed by atoms with E-state index in [1.807, 2.05) is 0 Å². The van der Waals surface area contributed by atoms with Gasteiger partial charge in [0.2, 0.25) is 11.8 Å². The molecule has 3 rings (SSSR count). The van der Waals surface area contributed by atoms with E-state index in [9.17, 15) is 62.7 Å². The average molecular weight is 944 g/mol. The largest absolute Gasteiger partial charge is 0.481 e. The van der Waals surface area contributed by atoms with Crippen LogP contribution < -0.4 is 16.4 Å². The number of phosphoric ester groups is 3. The minimum Gasteiger partial charge on any atom is -0.385 e. The fraction of sp³-hybridized carbons (Fsp3) is 0.667. The van der Waals surface area contributed by atoms with Crippen molar-refractivity contribution in [3.05, 3.63) is 12.7 Å². The lowest BCUT2D eigenvalue weighted by molar-refractivity contribution is -0.137. The van der Waals surface area contributed by atoms with E-state index >= 15 is 0 Å². The number of anilines is 1. The molecule has 58 heavy (non-hydrogen) atoms. The van der Waals surface area contributed by atoms with Crippen molar-refractivity contribution < 1.29 is 85.3 Å². The summed E-state index contributed by atoms with van der Waals surface area (Å²) >= 11 is 5.88. The van der Waals surface area contributed by atoms with Crippen molar-refractivity contribution in [1.82, 2.24) is 30.2 Å². The third-order valence-corrected chi connectivity index (χ3v) is 13.3. The second-order valence-electron chi connectivity index (χ2n) is 13.0. The number of amides is 2. The van der Waals surface area contributed by atoms with Crippen LogP contribution in [0.5, 0.6) is 0 Å². The average Bonchev–Trinajstić information content (AvgIpc) is 3.66. The van der Waals surface area contributed by atoms with Gasteiger partial charge >= 0.3 is 23.5 Å². The Morgan fingerprint density at radius 1 is 1.03 bits per heavy atom. The van der Waals surface area contributed by atoms with Crippen molar-refractivity contribution in [2.24, 2.45) is 5.41 Å². The van der Waals surface area contributed by atoms with E-state index in [1.165, 1.54) is 20.8 Å². The molecule has 1 aliphatic heterocycles. The third-order valence-electron chi connectivity index (χ3n) is 7.89. The van der Waals surface area contributed by atoms with E-state index in [0.29, 0.717) is 11.5 Å². The Labute approximate surface area is 344 Å². The van der Waals surface area contributed by atoms with Gasteiger partial charge in [-0.25, -0.2) is 28.6 Å². The number of thiol groups is 1. The first-order valence-electron chi connectivity index (χ1n) is 16.6. The van der Waals surface area contributed by atoms with Gasteiger partial charge in [0.1, 0.15) is 36.3 Å². The summed E-state index contributed by atoms with van der Waals surface area (Å²) in [4.78, 5) is 99.4. The number of hydrogen-bond donors (Lipinski definition) is 10. The smallest absolute Gasteiger partial charge is 0.385 e. The highest BCUT2D eigenvalue weighted by Crippen LogP contribution is 2.61. The lowest BCUT2D eigenvalue weighted by Crippen LogP contribution is -2.46. The Morgan fingerprint density at radius 2 is 1.67 bits per heavy atom. The molecule has 0 spiro atoms. The molecule has 1 saturated heterocycles. The maximum absolute atomic E-state index is 12.7. The van der Waals surface area contributed by atoms with Crippen LogP contribution in [0, 0.1) is 5.41 Å². The van der Waals surface area contributed by atoms with Crippen LogP contribution in [0.3, 0.4) is 0 Å². The molecule has 0 aliphatic carbocycles. The zero-order valence-corrected chi connectivity index (χ0v) is 36.1. The molecule has 0 bridgehead atoms. The molecule has 2 aromatic heterocycles. The van der Waals surface area contributed by atoms with E-state index in [1.54, 1.807) is 0 Å². The number of rotatable bonds is 23. The molecule has 2 amide bonds. The van der Waals surface area contributed by atoms with Gasteiger partial charge in [0.15, 0.2) is 27.4 Å². The third kappa shape index (κ3) is 14.8. The number of thioether (sulfide) groups is 2. The maximum Gasteiger partial charge on any atom is 0.481 e. The van der Waals surface area contributed by atoms with E-state index in [-0.39, 0.29) is 58.9 Å². The Hall–Kier alpha value is -2.07. The first-order chi connectivity index (χ1) is 26.8. The number of hydrogen-bond acceptors (Lipinski definition) is 21. The summed E-state index contributed by atoms with van der Waals surface area (Å²) in [5, 5.41) is 25.9. The number of carbonyl (C=O) groups excluding carboxylic acids is 4. The Bertz CT molecular complexity index is 1940. The van der Waals surface area contributed by atoms with Crippen LogP contribution in [-0.4, -0.2) is 139 Å². The van der Waals surface area contributed by atoms with Crippen LogP contribution in [0.15, 0.2) is 12.7 Å². The lowest BCUT2D eigenvalue weighted by Gasteiger charge is -2.30. The maximum atomic E-state index is 12.7. The van der Waals surface area contributed by atoms with Crippen LogP contribution in [0.1, 0.15) is 33.6 Å². The first kappa shape index (κ1) is 50.3. The lowest BCUT2D eigenvalue weighted by atomic mass is 9.87. The molecule has 10 N–H and O–H groups in total. The van der Waals surface area contributed by atoms with Crippen LogP contribution >= 0.6 is 59.6 Å². The molecule has 25 nitrogen and oxygen atoms in total. The predicted octanol–water partition coefficient (Wildman–Crippen LogP) is -0.581. The molecule has 31 heteroatoms. The van der Waals surface area contributed by atoms with Crippen molar-refractivity contribution in [3.8, 4) is 0 Å². The van der Waals surface area contributed by atoms with Crippen LogP contribution in [0.4, 0.5) is 5.82 Å². The summed E-state index contributed by atoms with van der Waals surface area (Å²) in [6.07, 6.45) is -5.87. The molecule has 7 atom stereocenters. The topological polar surface area (TPSA) is 381 Å². The van der Waals surface area contributed by atoms with E-state index in [4.69, 9.17) is 24.0 Å². The quantitative estimate of drug-likeness (QED) is 0.0288. The Kier molecular flexibility index (Phi) is 18.3. The summed E-state index contributed by atoms with van der Waals surface area (Å²) < 4.78 is 62.6. The molecule has 3 heterocycles. The number of nitrogen functional groups attached to an aromatic ring is 1. The number of aliphatic hydroxyl groups is 2. The SMILES string of the molecule is CC(C)(COP(=O)(O)OP(=O)(O)OCC1OC(C)(n2cnc3c(N)ncnc32)C(O)C1OP(=O)(O)O)C(O)C(=O)NCCC(=O)NCCSC(=O)CC(=O)SCCS. The van der Waals surface area contributed by atoms with Crippen molar-refractivity contribution in [2.45, 2.75) is 63.8 Å². The number of aliphatic hydroxyl groups excluding tert-OH is 2. The molecule has 2 aromatic rings. The number of aromatic nitrogens is 4. The van der Waals surface area contributed by atoms with Gasteiger partial charge in [0.05, 0.1) is 26.0 Å². The van der Waals surface area contributed by atoms with Crippen LogP contribution in [-0.2, 0) is 61.2 Å². The summed E-state index contributed by atoms with van der Waals surface area (Å²) in [6, 6.07) is 0. The van der Waals surface area contributed by atoms with Gasteiger partial charge in [-0.1, -0.05) is 37.4 Å². The highest BCUT2D eigenvalue weighted by atomic mass is 32.2. The highest BCUT2D eigenvalue weighted by Gasteiger charge is 2.57. The van der Waals surface area contributed by atoms with Gasteiger partial charge in [-0.15, -0.1) is 0 Å². The normalized spacial score (nSPS) is 22.6. The number of carbonyl (C=O) groups is 4. The number of ether oxygens (including phenoxy) is 1. The molecule has 0 aromatic carbocycles.